The van der Waals surface area contributed by atoms with Crippen molar-refractivity contribution >= 4 is 6.47 Å². The van der Waals surface area contributed by atoms with Gasteiger partial charge < -0.3 is 14.9 Å². The molecule has 0 aliphatic rings. The molecule has 1 aromatic carbocycles. The molecule has 0 radical (unpaired) electrons. The number of aliphatic hydroxyl groups is 2. The molecule has 82 valence electrons. The van der Waals surface area contributed by atoms with Crippen molar-refractivity contribution in [1.29, 1.82) is 0 Å². The maximum absolute atomic E-state index is 10.1. The number of hydrogen-bond acceptors (Lipinski definition) is 4. The lowest BCUT2D eigenvalue weighted by molar-refractivity contribution is -0.157. The Morgan fingerprint density at radius 2 is 2.13 bits per heavy atom. The van der Waals surface area contributed by atoms with Crippen LogP contribution < -0.4 is 0 Å². The summed E-state index contributed by atoms with van der Waals surface area (Å²) in [4.78, 5) is 10.1. The van der Waals surface area contributed by atoms with Crippen LogP contribution in [0, 0.1) is 6.92 Å². The standard InChI is InChI=1S/C11H14O4/c1-8-4-2-3-5-9(8)10(6-12)11(14)15-7-13/h2-5,7,10-12,14H,6H2,1H3. The lowest BCUT2D eigenvalue weighted by Gasteiger charge is -2.20. The summed E-state index contributed by atoms with van der Waals surface area (Å²) in [6.07, 6.45) is -1.31. The highest BCUT2D eigenvalue weighted by Gasteiger charge is 2.22. The predicted molar refractivity (Wildman–Crippen MR) is 54.2 cm³/mol. The molecule has 0 aliphatic carbocycles. The van der Waals surface area contributed by atoms with Crippen molar-refractivity contribution in [3.63, 3.8) is 0 Å². The van der Waals surface area contributed by atoms with Gasteiger partial charge in [0, 0.05) is 0 Å². The lowest BCUT2D eigenvalue weighted by atomic mass is 9.95. The number of carbonyl (C=O) groups is 1. The number of hydrogen-bond donors (Lipinski definition) is 2. The second-order valence-electron chi connectivity index (χ2n) is 3.27. The zero-order valence-corrected chi connectivity index (χ0v) is 8.46. The molecular formula is C11H14O4. The minimum Gasteiger partial charge on any atom is -0.437 e. The molecule has 0 spiro atoms. The summed E-state index contributed by atoms with van der Waals surface area (Å²) in [7, 11) is 0. The van der Waals surface area contributed by atoms with Crippen LogP contribution in [0.4, 0.5) is 0 Å². The van der Waals surface area contributed by atoms with Crippen molar-refractivity contribution in [3.05, 3.63) is 35.4 Å². The van der Waals surface area contributed by atoms with Gasteiger partial charge in [-0.2, -0.15) is 0 Å². The van der Waals surface area contributed by atoms with Crippen molar-refractivity contribution in [2.24, 2.45) is 0 Å². The van der Waals surface area contributed by atoms with Gasteiger partial charge in [0.2, 0.25) is 6.29 Å². The Morgan fingerprint density at radius 3 is 2.67 bits per heavy atom. The van der Waals surface area contributed by atoms with Crippen molar-refractivity contribution in [2.75, 3.05) is 6.61 Å². The summed E-state index contributed by atoms with van der Waals surface area (Å²) in [5, 5.41) is 18.6. The van der Waals surface area contributed by atoms with E-state index >= 15 is 0 Å². The minimum atomic E-state index is -1.31. The molecule has 0 saturated carbocycles. The van der Waals surface area contributed by atoms with Crippen LogP contribution in [0.2, 0.25) is 0 Å². The molecule has 1 rings (SSSR count). The normalized spacial score (nSPS) is 14.3. The predicted octanol–water partition coefficient (Wildman–Crippen LogP) is 0.562. The van der Waals surface area contributed by atoms with Crippen molar-refractivity contribution in [2.45, 2.75) is 19.1 Å². The first kappa shape index (κ1) is 11.7. The van der Waals surface area contributed by atoms with E-state index in [2.05, 4.69) is 4.74 Å². The molecular weight excluding hydrogens is 196 g/mol. The number of aliphatic hydroxyl groups excluding tert-OH is 2. The number of carbonyl (C=O) groups excluding carboxylic acids is 1. The maximum Gasteiger partial charge on any atom is 0.295 e. The molecule has 0 saturated heterocycles. The monoisotopic (exact) mass is 210 g/mol. The fraction of sp³-hybridized carbons (Fsp3) is 0.364. The van der Waals surface area contributed by atoms with Gasteiger partial charge >= 0.3 is 0 Å². The smallest absolute Gasteiger partial charge is 0.295 e. The molecule has 0 bridgehead atoms. The molecule has 0 aromatic heterocycles. The van der Waals surface area contributed by atoms with Crippen LogP contribution in [-0.2, 0) is 9.53 Å². The van der Waals surface area contributed by atoms with E-state index in [0.717, 1.165) is 11.1 Å². The van der Waals surface area contributed by atoms with Gasteiger partial charge in [-0.25, -0.2) is 0 Å². The van der Waals surface area contributed by atoms with E-state index in [1.165, 1.54) is 0 Å². The van der Waals surface area contributed by atoms with Crippen LogP contribution in [0.5, 0.6) is 0 Å². The highest BCUT2D eigenvalue weighted by Crippen LogP contribution is 2.22. The number of benzene rings is 1. The number of rotatable bonds is 5. The largest absolute Gasteiger partial charge is 0.437 e. The second kappa shape index (κ2) is 5.48. The third-order valence-corrected chi connectivity index (χ3v) is 2.32. The molecule has 0 fully saturated rings. The fourth-order valence-electron chi connectivity index (χ4n) is 1.50. The molecule has 0 aliphatic heterocycles. The summed E-state index contributed by atoms with van der Waals surface area (Å²) < 4.78 is 4.42. The molecule has 2 unspecified atom stereocenters. The summed E-state index contributed by atoms with van der Waals surface area (Å²) in [6, 6.07) is 7.32. The molecule has 4 nitrogen and oxygen atoms in total. The van der Waals surface area contributed by atoms with Crippen LogP contribution in [0.25, 0.3) is 0 Å². The Morgan fingerprint density at radius 1 is 1.47 bits per heavy atom. The third kappa shape index (κ3) is 2.78. The molecule has 0 heterocycles. The topological polar surface area (TPSA) is 66.8 Å². The lowest BCUT2D eigenvalue weighted by Crippen LogP contribution is -2.25. The molecule has 15 heavy (non-hydrogen) atoms. The first-order valence-electron chi connectivity index (χ1n) is 4.64. The summed E-state index contributed by atoms with van der Waals surface area (Å²) in [5.41, 5.74) is 1.71. The zero-order chi connectivity index (χ0) is 11.3. The third-order valence-electron chi connectivity index (χ3n) is 2.32. The van der Waals surface area contributed by atoms with E-state index < -0.39 is 12.2 Å². The van der Waals surface area contributed by atoms with Crippen LogP contribution in [0.15, 0.2) is 24.3 Å². The fourth-order valence-corrected chi connectivity index (χ4v) is 1.50. The SMILES string of the molecule is Cc1ccccc1C(CO)C(O)OC=O. The van der Waals surface area contributed by atoms with Gasteiger partial charge in [0.05, 0.1) is 12.5 Å². The maximum atomic E-state index is 10.1. The van der Waals surface area contributed by atoms with E-state index in [9.17, 15) is 9.90 Å². The molecule has 2 N–H and O–H groups in total. The van der Waals surface area contributed by atoms with Crippen LogP contribution >= 0.6 is 0 Å². The van der Waals surface area contributed by atoms with Gasteiger partial charge in [-0.3, -0.25) is 4.79 Å². The van der Waals surface area contributed by atoms with Gasteiger partial charge in [0.1, 0.15) is 0 Å². The highest BCUT2D eigenvalue weighted by molar-refractivity contribution is 5.38. The van der Waals surface area contributed by atoms with Crippen molar-refractivity contribution in [1.82, 2.24) is 0 Å². The molecule has 0 amide bonds. The molecule has 1 aromatic rings. The Bertz CT molecular complexity index is 324. The highest BCUT2D eigenvalue weighted by atomic mass is 16.6. The van der Waals surface area contributed by atoms with Crippen molar-refractivity contribution < 1.29 is 19.7 Å². The Kier molecular flexibility index (Phi) is 4.27. The van der Waals surface area contributed by atoms with Crippen LogP contribution in [0.1, 0.15) is 17.0 Å². The number of aryl methyl sites for hydroxylation is 1. The average Bonchev–Trinajstić information content (AvgIpc) is 2.22. The minimum absolute atomic E-state index is 0.172. The van der Waals surface area contributed by atoms with E-state index in [4.69, 9.17) is 5.11 Å². The quantitative estimate of drug-likeness (QED) is 0.550. The molecule has 2 atom stereocenters. The Labute approximate surface area is 88.1 Å². The summed E-state index contributed by atoms with van der Waals surface area (Å²) in [6.45, 7) is 1.76. The van der Waals surface area contributed by atoms with E-state index in [1.54, 1.807) is 12.1 Å². The first-order chi connectivity index (χ1) is 7.20. The number of ether oxygens (including phenoxy) is 1. The van der Waals surface area contributed by atoms with Gasteiger partial charge in [0.25, 0.3) is 6.47 Å². The van der Waals surface area contributed by atoms with E-state index in [0.29, 0.717) is 0 Å². The van der Waals surface area contributed by atoms with Crippen LogP contribution in [-0.4, -0.2) is 29.6 Å². The van der Waals surface area contributed by atoms with E-state index in [-0.39, 0.29) is 13.1 Å². The van der Waals surface area contributed by atoms with E-state index in [1.807, 2.05) is 19.1 Å². The van der Waals surface area contributed by atoms with Gasteiger partial charge in [-0.1, -0.05) is 24.3 Å². The Balaban J connectivity index is 2.91. The van der Waals surface area contributed by atoms with Gasteiger partial charge in [-0.05, 0) is 18.1 Å². The van der Waals surface area contributed by atoms with Crippen molar-refractivity contribution in [3.8, 4) is 0 Å². The zero-order valence-electron chi connectivity index (χ0n) is 8.46. The summed E-state index contributed by atoms with van der Waals surface area (Å²) >= 11 is 0. The Hall–Kier alpha value is -1.39. The van der Waals surface area contributed by atoms with Gasteiger partial charge in [0.15, 0.2) is 0 Å². The average molecular weight is 210 g/mol. The van der Waals surface area contributed by atoms with Gasteiger partial charge in [-0.15, -0.1) is 0 Å². The second-order valence-corrected chi connectivity index (χ2v) is 3.27. The molecule has 4 heteroatoms. The van der Waals surface area contributed by atoms with Crippen LogP contribution in [0.3, 0.4) is 0 Å². The first-order valence-corrected chi connectivity index (χ1v) is 4.64. The summed E-state index contributed by atoms with van der Waals surface area (Å²) in [5.74, 6) is -0.601.